The number of rotatable bonds is 4. The standard InChI is InChI=1S/C10H15BrN2O2/c1-7-8(15-6-12-7)9(14)13-10(2,3)4-5-11/h6H,4-5H2,1-3H3,(H,13,14). The van der Waals surface area contributed by atoms with Gasteiger partial charge in [0.2, 0.25) is 5.76 Å². The Balaban J connectivity index is 2.68. The van der Waals surface area contributed by atoms with E-state index in [-0.39, 0.29) is 17.2 Å². The van der Waals surface area contributed by atoms with Crippen LogP contribution in [0.5, 0.6) is 0 Å². The van der Waals surface area contributed by atoms with Crippen LogP contribution in [-0.2, 0) is 0 Å². The van der Waals surface area contributed by atoms with Crippen molar-refractivity contribution in [2.45, 2.75) is 32.7 Å². The Bertz CT molecular complexity index is 347. The Hall–Kier alpha value is -0.840. The smallest absolute Gasteiger partial charge is 0.289 e. The number of aryl methyl sites for hydroxylation is 1. The zero-order valence-electron chi connectivity index (χ0n) is 9.13. The molecule has 15 heavy (non-hydrogen) atoms. The summed E-state index contributed by atoms with van der Waals surface area (Å²) in [7, 11) is 0. The van der Waals surface area contributed by atoms with E-state index in [2.05, 4.69) is 26.2 Å². The highest BCUT2D eigenvalue weighted by Crippen LogP contribution is 2.12. The Kier molecular flexibility index (Phi) is 3.90. The molecule has 1 amide bonds. The zero-order chi connectivity index (χ0) is 11.5. The van der Waals surface area contributed by atoms with Crippen LogP contribution in [-0.4, -0.2) is 21.8 Å². The first-order valence-electron chi connectivity index (χ1n) is 4.75. The second kappa shape index (κ2) is 4.79. The van der Waals surface area contributed by atoms with Crippen molar-refractivity contribution in [2.24, 2.45) is 0 Å². The van der Waals surface area contributed by atoms with Crippen LogP contribution in [0.15, 0.2) is 10.8 Å². The summed E-state index contributed by atoms with van der Waals surface area (Å²) in [6.45, 7) is 5.69. The lowest BCUT2D eigenvalue weighted by molar-refractivity contribution is 0.0882. The van der Waals surface area contributed by atoms with Crippen LogP contribution in [0.4, 0.5) is 0 Å². The topological polar surface area (TPSA) is 55.1 Å². The fraction of sp³-hybridized carbons (Fsp3) is 0.600. The predicted molar refractivity (Wildman–Crippen MR) is 61.2 cm³/mol. The summed E-state index contributed by atoms with van der Waals surface area (Å²) in [5.74, 6) is 0.0774. The molecule has 0 fully saturated rings. The van der Waals surface area contributed by atoms with Gasteiger partial charge in [-0.3, -0.25) is 4.79 Å². The number of carbonyl (C=O) groups is 1. The van der Waals surface area contributed by atoms with Gasteiger partial charge in [0.15, 0.2) is 6.39 Å². The molecule has 0 spiro atoms. The van der Waals surface area contributed by atoms with Crippen molar-refractivity contribution in [3.8, 4) is 0 Å². The number of carbonyl (C=O) groups excluding carboxylic acids is 1. The normalized spacial score (nSPS) is 11.5. The van der Waals surface area contributed by atoms with Crippen LogP contribution >= 0.6 is 15.9 Å². The number of oxazole rings is 1. The number of hydrogen-bond acceptors (Lipinski definition) is 3. The van der Waals surface area contributed by atoms with E-state index < -0.39 is 0 Å². The molecule has 5 heteroatoms. The van der Waals surface area contributed by atoms with Crippen molar-refractivity contribution in [2.75, 3.05) is 5.33 Å². The van der Waals surface area contributed by atoms with E-state index >= 15 is 0 Å². The van der Waals surface area contributed by atoms with Gasteiger partial charge in [-0.25, -0.2) is 4.98 Å². The van der Waals surface area contributed by atoms with Gasteiger partial charge in [-0.1, -0.05) is 15.9 Å². The van der Waals surface area contributed by atoms with Gasteiger partial charge in [-0.05, 0) is 27.2 Å². The molecule has 0 aromatic carbocycles. The highest BCUT2D eigenvalue weighted by Gasteiger charge is 2.23. The largest absolute Gasteiger partial charge is 0.438 e. The third-order valence-electron chi connectivity index (χ3n) is 2.12. The van der Waals surface area contributed by atoms with Crippen LogP contribution in [0, 0.1) is 6.92 Å². The molecule has 1 heterocycles. The third-order valence-corrected chi connectivity index (χ3v) is 2.52. The summed E-state index contributed by atoms with van der Waals surface area (Å²) in [5.41, 5.74) is 0.363. The minimum absolute atomic E-state index is 0.212. The molecule has 1 aromatic rings. The minimum Gasteiger partial charge on any atom is -0.438 e. The maximum absolute atomic E-state index is 11.8. The monoisotopic (exact) mass is 274 g/mol. The van der Waals surface area contributed by atoms with Gasteiger partial charge in [-0.2, -0.15) is 0 Å². The molecular formula is C10H15BrN2O2. The average Bonchev–Trinajstić information content (AvgIpc) is 2.50. The Morgan fingerprint density at radius 2 is 2.33 bits per heavy atom. The Morgan fingerprint density at radius 1 is 1.67 bits per heavy atom. The fourth-order valence-corrected chi connectivity index (χ4v) is 2.17. The summed E-state index contributed by atoms with van der Waals surface area (Å²) >= 11 is 3.35. The molecular weight excluding hydrogens is 260 g/mol. The molecule has 84 valence electrons. The van der Waals surface area contributed by atoms with Gasteiger partial charge in [0.25, 0.3) is 5.91 Å². The van der Waals surface area contributed by atoms with Crippen molar-refractivity contribution in [1.82, 2.24) is 10.3 Å². The molecule has 0 atom stereocenters. The summed E-state index contributed by atoms with van der Waals surface area (Å²) < 4.78 is 5.02. The molecule has 0 bridgehead atoms. The highest BCUT2D eigenvalue weighted by molar-refractivity contribution is 9.09. The van der Waals surface area contributed by atoms with Crippen molar-refractivity contribution >= 4 is 21.8 Å². The molecule has 0 radical (unpaired) electrons. The lowest BCUT2D eigenvalue weighted by Gasteiger charge is -2.24. The SMILES string of the molecule is Cc1ncoc1C(=O)NC(C)(C)CCBr. The second-order valence-electron chi connectivity index (χ2n) is 4.04. The summed E-state index contributed by atoms with van der Waals surface area (Å²) in [4.78, 5) is 15.6. The number of nitrogens with zero attached hydrogens (tertiary/aromatic N) is 1. The van der Waals surface area contributed by atoms with Gasteiger partial charge >= 0.3 is 0 Å². The summed E-state index contributed by atoms with van der Waals surface area (Å²) in [5, 5.41) is 3.74. The average molecular weight is 275 g/mol. The third kappa shape index (κ3) is 3.34. The molecule has 0 aliphatic carbocycles. The predicted octanol–water partition coefficient (Wildman–Crippen LogP) is 2.28. The van der Waals surface area contributed by atoms with E-state index in [0.29, 0.717) is 5.69 Å². The van der Waals surface area contributed by atoms with Gasteiger partial charge in [0.1, 0.15) is 0 Å². The quantitative estimate of drug-likeness (QED) is 0.858. The van der Waals surface area contributed by atoms with Crippen LogP contribution in [0.2, 0.25) is 0 Å². The molecule has 0 saturated heterocycles. The van der Waals surface area contributed by atoms with Crippen molar-refractivity contribution in [3.05, 3.63) is 17.8 Å². The summed E-state index contributed by atoms with van der Waals surface area (Å²) in [6.07, 6.45) is 2.13. The highest BCUT2D eigenvalue weighted by atomic mass is 79.9. The zero-order valence-corrected chi connectivity index (χ0v) is 10.7. The Labute approximate surface area is 97.6 Å². The van der Waals surface area contributed by atoms with Crippen molar-refractivity contribution in [3.63, 3.8) is 0 Å². The first kappa shape index (κ1) is 12.2. The number of amides is 1. The van der Waals surface area contributed by atoms with E-state index in [1.807, 2.05) is 13.8 Å². The van der Waals surface area contributed by atoms with Crippen LogP contribution in [0.3, 0.4) is 0 Å². The van der Waals surface area contributed by atoms with Gasteiger partial charge in [-0.15, -0.1) is 0 Å². The van der Waals surface area contributed by atoms with Crippen LogP contribution < -0.4 is 5.32 Å². The number of alkyl halides is 1. The molecule has 4 nitrogen and oxygen atoms in total. The van der Waals surface area contributed by atoms with E-state index in [1.165, 1.54) is 6.39 Å². The molecule has 1 rings (SSSR count). The molecule has 0 aliphatic heterocycles. The van der Waals surface area contributed by atoms with Gasteiger partial charge < -0.3 is 9.73 Å². The second-order valence-corrected chi connectivity index (χ2v) is 4.84. The number of aromatic nitrogens is 1. The molecule has 0 unspecified atom stereocenters. The minimum atomic E-state index is -0.250. The molecule has 0 aliphatic rings. The van der Waals surface area contributed by atoms with Crippen molar-refractivity contribution in [1.29, 1.82) is 0 Å². The van der Waals surface area contributed by atoms with E-state index in [4.69, 9.17) is 4.42 Å². The Morgan fingerprint density at radius 3 is 2.80 bits per heavy atom. The van der Waals surface area contributed by atoms with Gasteiger partial charge in [0, 0.05) is 10.9 Å². The summed E-state index contributed by atoms with van der Waals surface area (Å²) in [6, 6.07) is 0. The lowest BCUT2D eigenvalue weighted by Crippen LogP contribution is -2.43. The van der Waals surface area contributed by atoms with Gasteiger partial charge in [0.05, 0.1) is 5.69 Å². The number of hydrogen-bond donors (Lipinski definition) is 1. The van der Waals surface area contributed by atoms with Crippen LogP contribution in [0.25, 0.3) is 0 Å². The molecule has 1 aromatic heterocycles. The molecule has 1 N–H and O–H groups in total. The molecule has 0 saturated carbocycles. The van der Waals surface area contributed by atoms with Crippen LogP contribution in [0.1, 0.15) is 36.5 Å². The number of nitrogens with one attached hydrogen (secondary N) is 1. The maximum Gasteiger partial charge on any atom is 0.289 e. The number of halogens is 1. The van der Waals surface area contributed by atoms with Crippen molar-refractivity contribution < 1.29 is 9.21 Å². The van der Waals surface area contributed by atoms with E-state index in [1.54, 1.807) is 6.92 Å². The first-order valence-corrected chi connectivity index (χ1v) is 5.87. The van der Waals surface area contributed by atoms with E-state index in [0.717, 1.165) is 11.8 Å². The lowest BCUT2D eigenvalue weighted by atomic mass is 10.0. The van der Waals surface area contributed by atoms with E-state index in [9.17, 15) is 4.79 Å². The first-order chi connectivity index (χ1) is 6.96. The fourth-order valence-electron chi connectivity index (χ4n) is 1.18. The maximum atomic E-state index is 11.8.